The van der Waals surface area contributed by atoms with Gasteiger partial charge in [0, 0.05) is 25.0 Å². The molecule has 0 amide bonds. The molecule has 0 saturated carbocycles. The second kappa shape index (κ2) is 6.92. The van der Waals surface area contributed by atoms with Gasteiger partial charge in [0.2, 0.25) is 11.7 Å². The zero-order valence-electron chi connectivity index (χ0n) is 14.4. The number of benzene rings is 2. The highest BCUT2D eigenvalue weighted by atomic mass is 32.2. The molecule has 0 unspecified atom stereocenters. The predicted molar refractivity (Wildman–Crippen MR) is 94.3 cm³/mol. The van der Waals surface area contributed by atoms with E-state index in [9.17, 15) is 8.42 Å². The Labute approximate surface area is 155 Å². The highest BCUT2D eigenvalue weighted by Gasteiger charge is 2.21. The van der Waals surface area contributed by atoms with Gasteiger partial charge in [-0.15, -0.1) is 0 Å². The molecular weight excluding hydrogens is 372 g/mol. The molecule has 1 aliphatic heterocycles. The zero-order valence-corrected chi connectivity index (χ0v) is 15.2. The van der Waals surface area contributed by atoms with Crippen LogP contribution in [0.25, 0.3) is 11.4 Å². The maximum Gasteiger partial charge on any atom is 0.339 e. The van der Waals surface area contributed by atoms with E-state index >= 15 is 0 Å². The molecule has 0 N–H and O–H groups in total. The van der Waals surface area contributed by atoms with Crippen LogP contribution in [-0.4, -0.2) is 31.8 Å². The van der Waals surface area contributed by atoms with Crippen molar-refractivity contribution in [2.24, 2.45) is 0 Å². The summed E-state index contributed by atoms with van der Waals surface area (Å²) < 4.78 is 46.3. The van der Waals surface area contributed by atoms with E-state index in [1.54, 1.807) is 25.1 Å². The van der Waals surface area contributed by atoms with Gasteiger partial charge in [0.25, 0.3) is 0 Å². The number of hydrogen-bond donors (Lipinski definition) is 0. The van der Waals surface area contributed by atoms with Crippen molar-refractivity contribution in [3.63, 3.8) is 0 Å². The van der Waals surface area contributed by atoms with Crippen molar-refractivity contribution in [3.05, 3.63) is 48.4 Å². The number of aromatic nitrogens is 2. The highest BCUT2D eigenvalue weighted by Crippen LogP contribution is 2.33. The van der Waals surface area contributed by atoms with Crippen molar-refractivity contribution < 1.29 is 26.6 Å². The molecule has 4 rings (SSSR count). The second-order valence-corrected chi connectivity index (χ2v) is 7.40. The van der Waals surface area contributed by atoms with E-state index in [1.807, 2.05) is 0 Å². The number of rotatable bonds is 4. The van der Waals surface area contributed by atoms with E-state index in [2.05, 4.69) is 10.1 Å². The molecule has 2 aromatic carbocycles. The summed E-state index contributed by atoms with van der Waals surface area (Å²) in [5.74, 6) is 1.95. The number of ether oxygens (including phenoxy) is 2. The fourth-order valence-corrected chi connectivity index (χ4v) is 3.50. The normalized spacial score (nSPS) is 13.8. The number of aryl methyl sites for hydroxylation is 1. The van der Waals surface area contributed by atoms with Gasteiger partial charge in [-0.25, -0.2) is 0 Å². The topological polar surface area (TPSA) is 101 Å². The average molecular weight is 388 g/mol. The Morgan fingerprint density at radius 2 is 1.74 bits per heavy atom. The second-order valence-electron chi connectivity index (χ2n) is 5.86. The van der Waals surface area contributed by atoms with E-state index in [4.69, 9.17) is 18.2 Å². The summed E-state index contributed by atoms with van der Waals surface area (Å²) in [6, 6.07) is 10.8. The minimum absolute atomic E-state index is 0.00961. The minimum Gasteiger partial charge on any atom is -0.490 e. The molecule has 3 aromatic rings. The first kappa shape index (κ1) is 17.3. The molecule has 0 atom stereocenters. The zero-order chi connectivity index (χ0) is 18.9. The molecule has 0 bridgehead atoms. The maximum absolute atomic E-state index is 12.6. The lowest BCUT2D eigenvalue weighted by atomic mass is 10.2. The summed E-state index contributed by atoms with van der Waals surface area (Å²) in [5, 5.41) is 3.82. The molecule has 140 valence electrons. The lowest BCUT2D eigenvalue weighted by Gasteiger charge is -2.11. The first-order valence-corrected chi connectivity index (χ1v) is 9.67. The van der Waals surface area contributed by atoms with E-state index < -0.39 is 10.1 Å². The Balaban J connectivity index is 1.55. The van der Waals surface area contributed by atoms with Gasteiger partial charge >= 0.3 is 10.1 Å². The first-order chi connectivity index (χ1) is 13.0. The third kappa shape index (κ3) is 3.72. The standard InChI is InChI=1S/C18H16N2O6S/c1-12-19-18(20-25-12)13-3-5-14(6-4-13)26-27(21,22)15-7-8-16-17(11-15)24-10-2-9-23-16/h3-8,11H,2,9-10H2,1H3. The van der Waals surface area contributed by atoms with Crippen molar-refractivity contribution in [1.29, 1.82) is 0 Å². The van der Waals surface area contributed by atoms with Crippen LogP contribution in [-0.2, 0) is 10.1 Å². The van der Waals surface area contributed by atoms with Crippen LogP contribution in [0, 0.1) is 6.92 Å². The maximum atomic E-state index is 12.6. The van der Waals surface area contributed by atoms with Gasteiger partial charge in [0.1, 0.15) is 10.6 Å². The number of hydrogen-bond acceptors (Lipinski definition) is 8. The predicted octanol–water partition coefficient (Wildman–Crippen LogP) is 2.97. The van der Waals surface area contributed by atoms with E-state index in [0.29, 0.717) is 42.0 Å². The summed E-state index contributed by atoms with van der Waals surface area (Å²) in [4.78, 5) is 4.11. The van der Waals surface area contributed by atoms with Crippen LogP contribution in [0.3, 0.4) is 0 Å². The van der Waals surface area contributed by atoms with Gasteiger partial charge in [-0.1, -0.05) is 5.16 Å². The molecule has 8 nitrogen and oxygen atoms in total. The van der Waals surface area contributed by atoms with Gasteiger partial charge in [-0.2, -0.15) is 13.4 Å². The Bertz CT molecular complexity index is 1060. The average Bonchev–Trinajstić information content (AvgIpc) is 2.95. The fourth-order valence-electron chi connectivity index (χ4n) is 2.55. The Morgan fingerprint density at radius 3 is 2.44 bits per heavy atom. The summed E-state index contributed by atoms with van der Waals surface area (Å²) in [6.45, 7) is 2.69. The number of nitrogens with zero attached hydrogens (tertiary/aromatic N) is 2. The van der Waals surface area contributed by atoms with Gasteiger partial charge in [0.15, 0.2) is 11.5 Å². The molecule has 0 fully saturated rings. The number of fused-ring (bicyclic) bond motifs is 1. The monoisotopic (exact) mass is 388 g/mol. The van der Waals surface area contributed by atoms with E-state index in [-0.39, 0.29) is 10.6 Å². The van der Waals surface area contributed by atoms with Gasteiger partial charge < -0.3 is 18.2 Å². The summed E-state index contributed by atoms with van der Waals surface area (Å²) in [5.41, 5.74) is 0.687. The highest BCUT2D eigenvalue weighted by molar-refractivity contribution is 7.87. The van der Waals surface area contributed by atoms with Crippen LogP contribution in [0.4, 0.5) is 0 Å². The van der Waals surface area contributed by atoms with Gasteiger partial charge in [-0.3, -0.25) is 0 Å². The van der Waals surface area contributed by atoms with Crippen LogP contribution in [0.15, 0.2) is 51.9 Å². The Hall–Kier alpha value is -3.07. The molecular formula is C18H16N2O6S. The summed E-state index contributed by atoms with van der Waals surface area (Å²) in [7, 11) is -4.02. The van der Waals surface area contributed by atoms with Crippen molar-refractivity contribution in [1.82, 2.24) is 10.1 Å². The van der Waals surface area contributed by atoms with Crippen molar-refractivity contribution in [3.8, 4) is 28.6 Å². The molecule has 0 spiro atoms. The largest absolute Gasteiger partial charge is 0.490 e. The van der Waals surface area contributed by atoms with Crippen LogP contribution in [0.1, 0.15) is 12.3 Å². The SMILES string of the molecule is Cc1nc(-c2ccc(OS(=O)(=O)c3ccc4c(c3)OCCCO4)cc2)no1. The summed E-state index contributed by atoms with van der Waals surface area (Å²) in [6.07, 6.45) is 0.736. The van der Waals surface area contributed by atoms with E-state index in [0.717, 1.165) is 6.42 Å². The summed E-state index contributed by atoms with van der Waals surface area (Å²) >= 11 is 0. The molecule has 0 saturated heterocycles. The molecule has 1 aliphatic rings. The van der Waals surface area contributed by atoms with Gasteiger partial charge in [0.05, 0.1) is 13.2 Å². The lowest BCUT2D eigenvalue weighted by Crippen LogP contribution is -2.10. The third-order valence-electron chi connectivity index (χ3n) is 3.85. The smallest absolute Gasteiger partial charge is 0.339 e. The molecule has 27 heavy (non-hydrogen) atoms. The Morgan fingerprint density at radius 1 is 1.00 bits per heavy atom. The molecule has 0 aliphatic carbocycles. The Kier molecular flexibility index (Phi) is 4.44. The van der Waals surface area contributed by atoms with Crippen LogP contribution in [0.2, 0.25) is 0 Å². The molecule has 9 heteroatoms. The quantitative estimate of drug-likeness (QED) is 0.629. The third-order valence-corrected chi connectivity index (χ3v) is 5.10. The molecule has 0 radical (unpaired) electrons. The van der Waals surface area contributed by atoms with Crippen molar-refractivity contribution >= 4 is 10.1 Å². The van der Waals surface area contributed by atoms with Crippen molar-refractivity contribution in [2.75, 3.05) is 13.2 Å². The minimum atomic E-state index is -4.02. The molecule has 1 aromatic heterocycles. The first-order valence-electron chi connectivity index (χ1n) is 8.26. The fraction of sp³-hybridized carbons (Fsp3) is 0.222. The van der Waals surface area contributed by atoms with Crippen molar-refractivity contribution in [2.45, 2.75) is 18.2 Å². The lowest BCUT2D eigenvalue weighted by molar-refractivity contribution is 0.296. The van der Waals surface area contributed by atoms with E-state index in [1.165, 1.54) is 24.3 Å². The molecule has 2 heterocycles. The van der Waals surface area contributed by atoms with Crippen LogP contribution in [0.5, 0.6) is 17.2 Å². The van der Waals surface area contributed by atoms with Crippen LogP contribution >= 0.6 is 0 Å². The van der Waals surface area contributed by atoms with Crippen LogP contribution < -0.4 is 13.7 Å². The van der Waals surface area contributed by atoms with Gasteiger partial charge in [-0.05, 0) is 36.4 Å².